The van der Waals surface area contributed by atoms with Gasteiger partial charge in [-0.05, 0) is 49.2 Å². The van der Waals surface area contributed by atoms with Gasteiger partial charge in [0, 0.05) is 30.7 Å². The number of methoxy groups -OCH3 is 1. The lowest BCUT2D eigenvalue weighted by molar-refractivity contribution is 0.374. The van der Waals surface area contributed by atoms with E-state index >= 15 is 0 Å². The van der Waals surface area contributed by atoms with Crippen molar-refractivity contribution in [3.05, 3.63) is 47.6 Å². The van der Waals surface area contributed by atoms with Crippen molar-refractivity contribution in [3.63, 3.8) is 0 Å². The van der Waals surface area contributed by atoms with Crippen molar-refractivity contribution < 1.29 is 9.84 Å². The maximum Gasteiger partial charge on any atom is 0.176 e. The number of phenols is 1. The van der Waals surface area contributed by atoms with Crippen molar-refractivity contribution in [2.75, 3.05) is 25.1 Å². The van der Waals surface area contributed by atoms with E-state index in [-0.39, 0.29) is 10.8 Å². The third kappa shape index (κ3) is 3.22. The van der Waals surface area contributed by atoms with Gasteiger partial charge < -0.3 is 14.7 Å². The van der Waals surface area contributed by atoms with E-state index in [9.17, 15) is 5.11 Å². The van der Waals surface area contributed by atoms with Crippen molar-refractivity contribution in [1.29, 1.82) is 0 Å². The fourth-order valence-corrected chi connectivity index (χ4v) is 3.17. The predicted molar refractivity (Wildman–Crippen MR) is 103 cm³/mol. The summed E-state index contributed by atoms with van der Waals surface area (Å²) in [6.07, 6.45) is 1.72. The van der Waals surface area contributed by atoms with Crippen molar-refractivity contribution in [2.45, 2.75) is 13.8 Å². The number of ether oxygens (including phenoxy) is 1. The van der Waals surface area contributed by atoms with E-state index in [4.69, 9.17) is 16.3 Å². The van der Waals surface area contributed by atoms with Gasteiger partial charge in [0.25, 0.3) is 0 Å². The van der Waals surface area contributed by atoms with Gasteiger partial charge in [-0.2, -0.15) is 0 Å². The monoisotopic (exact) mass is 355 g/mol. The number of halogens is 1. The molecule has 0 fully saturated rings. The number of rotatable bonds is 5. The van der Waals surface area contributed by atoms with Crippen LogP contribution in [0.1, 0.15) is 13.8 Å². The molecule has 3 rings (SSSR count). The van der Waals surface area contributed by atoms with E-state index < -0.39 is 0 Å². The van der Waals surface area contributed by atoms with Crippen molar-refractivity contribution in [2.24, 2.45) is 0 Å². The minimum absolute atomic E-state index is 0.0486. The normalized spacial score (nSPS) is 10.9. The molecule has 0 unspecified atom stereocenters. The molecule has 1 heterocycles. The lowest BCUT2D eigenvalue weighted by Crippen LogP contribution is -2.22. The summed E-state index contributed by atoms with van der Waals surface area (Å²) >= 11 is 6.14. The van der Waals surface area contributed by atoms with Crippen LogP contribution in [0.15, 0.2) is 36.5 Å². The second-order valence-electron chi connectivity index (χ2n) is 5.66. The average molecular weight is 356 g/mol. The standard InChI is InChI=1S/C20H20ClN2O2/c1-4-23(5-2)18-8-9-22-17-7-6-13(10-15(17)18)14-11-16(21)20(24)19(12-14)25-3/h6-7,9-12,24H,4-5H2,1-3H3. The molecule has 129 valence electrons. The molecule has 0 bridgehead atoms. The zero-order chi connectivity index (χ0) is 18.0. The number of benzene rings is 2. The maximum atomic E-state index is 9.94. The van der Waals surface area contributed by atoms with Gasteiger partial charge in [0.05, 0.1) is 23.3 Å². The van der Waals surface area contributed by atoms with Crippen LogP contribution in [0.3, 0.4) is 0 Å². The Balaban J connectivity index is 2.19. The SMILES string of the molecule is CCN(CC)c1[c]cnc2ccc(-c3cc(Cl)c(O)c(OC)c3)cc12. The van der Waals surface area contributed by atoms with Crippen LogP contribution < -0.4 is 9.64 Å². The Bertz CT molecular complexity index is 908. The molecular formula is C20H20ClN2O2. The summed E-state index contributed by atoms with van der Waals surface area (Å²) in [4.78, 5) is 6.67. The number of phenolic OH excluding ortho intramolecular Hbond substituents is 1. The first-order chi connectivity index (χ1) is 12.1. The number of anilines is 1. The van der Waals surface area contributed by atoms with Gasteiger partial charge >= 0.3 is 0 Å². The molecule has 1 aromatic heterocycles. The van der Waals surface area contributed by atoms with E-state index in [0.29, 0.717) is 5.75 Å². The van der Waals surface area contributed by atoms with E-state index in [2.05, 4.69) is 35.9 Å². The molecule has 0 aliphatic heterocycles. The summed E-state index contributed by atoms with van der Waals surface area (Å²) in [6.45, 7) is 6.04. The fraction of sp³-hybridized carbons (Fsp3) is 0.250. The van der Waals surface area contributed by atoms with E-state index in [1.165, 1.54) is 7.11 Å². The van der Waals surface area contributed by atoms with Gasteiger partial charge in [-0.25, -0.2) is 0 Å². The Morgan fingerprint density at radius 3 is 2.60 bits per heavy atom. The highest BCUT2D eigenvalue weighted by molar-refractivity contribution is 6.32. The van der Waals surface area contributed by atoms with E-state index in [1.807, 2.05) is 12.1 Å². The molecule has 0 spiro atoms. The summed E-state index contributed by atoms with van der Waals surface area (Å²) in [6, 6.07) is 12.8. The smallest absolute Gasteiger partial charge is 0.176 e. The fourth-order valence-electron chi connectivity index (χ4n) is 2.96. The van der Waals surface area contributed by atoms with Crippen molar-refractivity contribution >= 4 is 28.2 Å². The Morgan fingerprint density at radius 2 is 1.92 bits per heavy atom. The third-order valence-electron chi connectivity index (χ3n) is 4.32. The molecule has 0 aliphatic carbocycles. The lowest BCUT2D eigenvalue weighted by Gasteiger charge is -2.22. The zero-order valence-corrected chi connectivity index (χ0v) is 15.3. The van der Waals surface area contributed by atoms with Gasteiger partial charge in [0.1, 0.15) is 0 Å². The number of aromatic hydroxyl groups is 1. The molecule has 1 N–H and O–H groups in total. The largest absolute Gasteiger partial charge is 0.503 e. The van der Waals surface area contributed by atoms with Crippen LogP contribution in [0.25, 0.3) is 22.0 Å². The van der Waals surface area contributed by atoms with Gasteiger partial charge in [0.15, 0.2) is 11.5 Å². The Hall–Kier alpha value is -2.46. The van der Waals surface area contributed by atoms with Gasteiger partial charge in [0.2, 0.25) is 0 Å². The number of nitrogens with zero attached hydrogens (tertiary/aromatic N) is 2. The molecule has 4 nitrogen and oxygen atoms in total. The summed E-state index contributed by atoms with van der Waals surface area (Å²) in [5.41, 5.74) is 3.80. The molecule has 0 saturated carbocycles. The highest BCUT2D eigenvalue weighted by atomic mass is 35.5. The summed E-state index contributed by atoms with van der Waals surface area (Å²) in [5.74, 6) is 0.303. The maximum absolute atomic E-state index is 9.94. The second kappa shape index (κ2) is 7.19. The Kier molecular flexibility index (Phi) is 5.00. The van der Waals surface area contributed by atoms with Crippen molar-refractivity contribution in [3.8, 4) is 22.6 Å². The van der Waals surface area contributed by atoms with Crippen LogP contribution in [0, 0.1) is 6.07 Å². The lowest BCUT2D eigenvalue weighted by atomic mass is 10.0. The van der Waals surface area contributed by atoms with Crippen LogP contribution in [-0.4, -0.2) is 30.3 Å². The molecule has 5 heteroatoms. The molecule has 3 aromatic rings. The second-order valence-corrected chi connectivity index (χ2v) is 6.07. The predicted octanol–water partition coefficient (Wildman–Crippen LogP) is 4.92. The molecule has 0 saturated heterocycles. The van der Waals surface area contributed by atoms with E-state index in [0.717, 1.165) is 40.8 Å². The Morgan fingerprint density at radius 1 is 1.16 bits per heavy atom. The van der Waals surface area contributed by atoms with Crippen LogP contribution in [0.4, 0.5) is 5.69 Å². The van der Waals surface area contributed by atoms with Crippen molar-refractivity contribution in [1.82, 2.24) is 4.98 Å². The first-order valence-corrected chi connectivity index (χ1v) is 8.59. The highest BCUT2D eigenvalue weighted by Gasteiger charge is 2.13. The summed E-state index contributed by atoms with van der Waals surface area (Å²) < 4.78 is 5.21. The average Bonchev–Trinajstić information content (AvgIpc) is 2.64. The number of hydrogen-bond acceptors (Lipinski definition) is 4. The molecule has 2 aromatic carbocycles. The zero-order valence-electron chi connectivity index (χ0n) is 14.5. The molecule has 1 radical (unpaired) electrons. The minimum Gasteiger partial charge on any atom is -0.503 e. The number of aromatic nitrogens is 1. The minimum atomic E-state index is -0.0486. The van der Waals surface area contributed by atoms with Gasteiger partial charge in [-0.15, -0.1) is 0 Å². The Labute approximate surface area is 152 Å². The van der Waals surface area contributed by atoms with Gasteiger partial charge in [-0.1, -0.05) is 17.7 Å². The topological polar surface area (TPSA) is 45.6 Å². The van der Waals surface area contributed by atoms with Crippen LogP contribution in [-0.2, 0) is 0 Å². The molecule has 0 atom stereocenters. The molecule has 0 aliphatic rings. The quantitative estimate of drug-likeness (QED) is 0.705. The highest BCUT2D eigenvalue weighted by Crippen LogP contribution is 2.39. The van der Waals surface area contributed by atoms with E-state index in [1.54, 1.807) is 18.3 Å². The van der Waals surface area contributed by atoms with Crippen LogP contribution >= 0.6 is 11.6 Å². The number of fused-ring (bicyclic) bond motifs is 1. The number of pyridine rings is 1. The third-order valence-corrected chi connectivity index (χ3v) is 4.61. The molecular weight excluding hydrogens is 336 g/mol. The molecule has 25 heavy (non-hydrogen) atoms. The first kappa shape index (κ1) is 17.4. The van der Waals surface area contributed by atoms with Crippen LogP contribution in [0.2, 0.25) is 5.02 Å². The van der Waals surface area contributed by atoms with Crippen LogP contribution in [0.5, 0.6) is 11.5 Å². The van der Waals surface area contributed by atoms with Gasteiger partial charge in [-0.3, -0.25) is 4.98 Å². The number of hydrogen-bond donors (Lipinski definition) is 1. The first-order valence-electron chi connectivity index (χ1n) is 8.21. The summed E-state index contributed by atoms with van der Waals surface area (Å²) in [5, 5.41) is 11.2. The summed E-state index contributed by atoms with van der Waals surface area (Å²) in [7, 11) is 1.51. The molecule has 0 amide bonds.